The molecule has 0 aliphatic rings. The Balaban J connectivity index is 1.86. The molecule has 4 nitrogen and oxygen atoms in total. The topological polar surface area (TPSA) is 49.3 Å². The monoisotopic (exact) mass is 316 g/mol. The minimum atomic E-state index is 0.217. The fourth-order valence-electron chi connectivity index (χ4n) is 2.35. The quantitative estimate of drug-likeness (QED) is 0.658. The molecule has 0 radical (unpaired) electrons. The summed E-state index contributed by atoms with van der Waals surface area (Å²) in [7, 11) is 1.80. The van der Waals surface area contributed by atoms with Gasteiger partial charge >= 0.3 is 0 Å². The molecule has 1 unspecified atom stereocenters. The Morgan fingerprint density at radius 1 is 1.32 bits per heavy atom. The molecule has 0 spiro atoms. The van der Waals surface area contributed by atoms with Crippen LogP contribution in [0.3, 0.4) is 0 Å². The molecule has 1 atom stereocenters. The first-order chi connectivity index (χ1) is 10.6. The molecule has 2 rings (SSSR count). The summed E-state index contributed by atoms with van der Waals surface area (Å²) < 4.78 is 0. The zero-order chi connectivity index (χ0) is 15.9. The summed E-state index contributed by atoms with van der Waals surface area (Å²) in [5.74, 6) is 0.823. The second kappa shape index (κ2) is 7.94. The average molecular weight is 316 g/mol. The van der Waals surface area contributed by atoms with E-state index in [9.17, 15) is 0 Å². The van der Waals surface area contributed by atoms with E-state index in [2.05, 4.69) is 65.6 Å². The largest absolute Gasteiger partial charge is 0.356 e. The average Bonchev–Trinajstić information content (AvgIpc) is 2.92. The molecule has 0 aliphatic carbocycles. The lowest BCUT2D eigenvalue weighted by atomic mass is 10.0. The molecule has 1 aromatic carbocycles. The van der Waals surface area contributed by atoms with Gasteiger partial charge in [0.05, 0.1) is 11.0 Å². The zero-order valence-corrected chi connectivity index (χ0v) is 14.5. The maximum absolute atomic E-state index is 4.38. The number of hydrogen-bond acceptors (Lipinski definition) is 3. The number of aromatic nitrogens is 1. The van der Waals surface area contributed by atoms with Gasteiger partial charge in [-0.15, -0.1) is 11.3 Å². The van der Waals surface area contributed by atoms with Crippen molar-refractivity contribution in [1.29, 1.82) is 0 Å². The Bertz CT molecular complexity index is 633. The maximum atomic E-state index is 4.38. The lowest BCUT2D eigenvalue weighted by Crippen LogP contribution is -2.39. The van der Waals surface area contributed by atoms with Crippen LogP contribution in [0, 0.1) is 13.8 Å². The molecule has 2 N–H and O–H groups in total. The first-order valence-corrected chi connectivity index (χ1v) is 8.36. The van der Waals surface area contributed by atoms with Gasteiger partial charge in [-0.25, -0.2) is 4.98 Å². The van der Waals surface area contributed by atoms with Gasteiger partial charge in [-0.3, -0.25) is 4.99 Å². The molecule has 1 aromatic heterocycles. The number of aliphatic imine (C=N–C) groups is 1. The van der Waals surface area contributed by atoms with Crippen LogP contribution in [0.4, 0.5) is 0 Å². The lowest BCUT2D eigenvalue weighted by molar-refractivity contribution is 0.680. The van der Waals surface area contributed by atoms with E-state index < -0.39 is 0 Å². The van der Waals surface area contributed by atoms with Crippen LogP contribution in [0.15, 0.2) is 35.5 Å². The molecule has 0 amide bonds. The fourth-order valence-corrected chi connectivity index (χ4v) is 3.14. The van der Waals surface area contributed by atoms with Crippen LogP contribution in [0.1, 0.15) is 34.0 Å². The normalized spacial score (nSPS) is 13.0. The van der Waals surface area contributed by atoms with E-state index in [0.717, 1.165) is 23.9 Å². The molecule has 2 aromatic rings. The van der Waals surface area contributed by atoms with Crippen LogP contribution in [0.5, 0.6) is 0 Å². The summed E-state index contributed by atoms with van der Waals surface area (Å²) in [4.78, 5) is 9.93. The molecular weight excluding hydrogens is 292 g/mol. The Labute approximate surface area is 136 Å². The number of thiazole rings is 1. The molecule has 118 valence electrons. The lowest BCUT2D eigenvalue weighted by Gasteiger charge is -2.19. The first-order valence-electron chi connectivity index (χ1n) is 7.54. The Hall–Kier alpha value is -1.88. The summed E-state index contributed by atoms with van der Waals surface area (Å²) >= 11 is 1.75. The number of rotatable bonds is 5. The number of nitrogens with one attached hydrogen (secondary N) is 2. The van der Waals surface area contributed by atoms with E-state index >= 15 is 0 Å². The van der Waals surface area contributed by atoms with Gasteiger partial charge in [0.1, 0.15) is 0 Å². The minimum Gasteiger partial charge on any atom is -0.356 e. The summed E-state index contributed by atoms with van der Waals surface area (Å²) in [6.07, 6.45) is 2.84. The summed E-state index contributed by atoms with van der Waals surface area (Å²) in [5, 5.41) is 7.95. The van der Waals surface area contributed by atoms with Gasteiger partial charge in [-0.1, -0.05) is 24.3 Å². The van der Waals surface area contributed by atoms with Crippen LogP contribution >= 0.6 is 11.3 Å². The predicted molar refractivity (Wildman–Crippen MR) is 94.6 cm³/mol. The SMILES string of the molecule is CN=C(NCCc1ncc(C)s1)NC(C)c1ccccc1C. The number of aryl methyl sites for hydroxylation is 2. The van der Waals surface area contributed by atoms with Crippen molar-refractivity contribution < 1.29 is 0 Å². The van der Waals surface area contributed by atoms with Gasteiger partial charge in [-0.05, 0) is 31.9 Å². The maximum Gasteiger partial charge on any atom is 0.191 e. The van der Waals surface area contributed by atoms with E-state index in [1.54, 1.807) is 18.4 Å². The zero-order valence-electron chi connectivity index (χ0n) is 13.7. The standard InChI is InChI=1S/C17H24N4S/c1-12-7-5-6-8-15(12)14(3)21-17(18-4)19-10-9-16-20-11-13(2)22-16/h5-8,11,14H,9-10H2,1-4H3,(H2,18,19,21). The third-order valence-corrected chi connectivity index (χ3v) is 4.50. The van der Waals surface area contributed by atoms with E-state index in [4.69, 9.17) is 0 Å². The van der Waals surface area contributed by atoms with E-state index in [1.165, 1.54) is 16.0 Å². The van der Waals surface area contributed by atoms with Gasteiger partial charge in [-0.2, -0.15) is 0 Å². The van der Waals surface area contributed by atoms with Gasteiger partial charge in [0.25, 0.3) is 0 Å². The van der Waals surface area contributed by atoms with Crippen molar-refractivity contribution in [3.63, 3.8) is 0 Å². The molecule has 22 heavy (non-hydrogen) atoms. The molecule has 1 heterocycles. The van der Waals surface area contributed by atoms with E-state index in [-0.39, 0.29) is 6.04 Å². The predicted octanol–water partition coefficient (Wildman–Crippen LogP) is 3.23. The van der Waals surface area contributed by atoms with Gasteiger partial charge in [0.2, 0.25) is 0 Å². The molecule has 0 bridgehead atoms. The van der Waals surface area contributed by atoms with Crippen LogP contribution < -0.4 is 10.6 Å². The van der Waals surface area contributed by atoms with E-state index in [1.807, 2.05) is 6.20 Å². The summed E-state index contributed by atoms with van der Waals surface area (Å²) in [6.45, 7) is 7.19. The Morgan fingerprint density at radius 2 is 2.09 bits per heavy atom. The minimum absolute atomic E-state index is 0.217. The van der Waals surface area contributed by atoms with Gasteiger partial charge in [0.15, 0.2) is 5.96 Å². The Morgan fingerprint density at radius 3 is 2.73 bits per heavy atom. The highest BCUT2D eigenvalue weighted by atomic mass is 32.1. The third-order valence-electron chi connectivity index (χ3n) is 3.53. The first kappa shape index (κ1) is 16.5. The van der Waals surface area contributed by atoms with Gasteiger partial charge in [0, 0.05) is 31.1 Å². The molecule has 0 fully saturated rings. The summed E-state index contributed by atoms with van der Waals surface area (Å²) in [6, 6.07) is 8.64. The fraction of sp³-hybridized carbons (Fsp3) is 0.412. The van der Waals surface area contributed by atoms with Crippen LogP contribution in [0.2, 0.25) is 0 Å². The van der Waals surface area contributed by atoms with Crippen molar-refractivity contribution in [3.8, 4) is 0 Å². The van der Waals surface area contributed by atoms with E-state index in [0.29, 0.717) is 0 Å². The highest BCUT2D eigenvalue weighted by Gasteiger charge is 2.09. The molecule has 0 aliphatic heterocycles. The van der Waals surface area contributed by atoms with Crippen molar-refractivity contribution in [1.82, 2.24) is 15.6 Å². The van der Waals surface area contributed by atoms with Crippen molar-refractivity contribution >= 4 is 17.3 Å². The van der Waals surface area contributed by atoms with Crippen molar-refractivity contribution in [2.45, 2.75) is 33.2 Å². The highest BCUT2D eigenvalue weighted by Crippen LogP contribution is 2.16. The second-order valence-electron chi connectivity index (χ2n) is 5.34. The highest BCUT2D eigenvalue weighted by molar-refractivity contribution is 7.11. The number of benzene rings is 1. The van der Waals surface area contributed by atoms with Crippen LogP contribution in [-0.2, 0) is 6.42 Å². The molecule has 0 saturated carbocycles. The number of nitrogens with zero attached hydrogens (tertiary/aromatic N) is 2. The smallest absolute Gasteiger partial charge is 0.191 e. The van der Waals surface area contributed by atoms with Gasteiger partial charge < -0.3 is 10.6 Å². The second-order valence-corrected chi connectivity index (χ2v) is 6.66. The van der Waals surface area contributed by atoms with Crippen molar-refractivity contribution in [2.24, 2.45) is 4.99 Å². The number of guanidine groups is 1. The van der Waals surface area contributed by atoms with Crippen LogP contribution in [0.25, 0.3) is 0 Å². The van der Waals surface area contributed by atoms with Crippen LogP contribution in [-0.4, -0.2) is 24.5 Å². The number of hydrogen-bond donors (Lipinski definition) is 2. The molecule has 0 saturated heterocycles. The third kappa shape index (κ3) is 4.56. The van der Waals surface area contributed by atoms with Crippen molar-refractivity contribution in [3.05, 3.63) is 51.5 Å². The summed E-state index contributed by atoms with van der Waals surface area (Å²) in [5.41, 5.74) is 2.58. The molecular formula is C17H24N4S. The Kier molecular flexibility index (Phi) is 5.95. The molecule has 5 heteroatoms. The van der Waals surface area contributed by atoms with Crippen molar-refractivity contribution in [2.75, 3.05) is 13.6 Å².